The normalized spacial score (nSPS) is 25.3. The number of nitrogens with one attached hydrogen (secondary N) is 1. The van der Waals surface area contributed by atoms with E-state index < -0.39 is 5.60 Å². The van der Waals surface area contributed by atoms with Gasteiger partial charge in [-0.1, -0.05) is 0 Å². The summed E-state index contributed by atoms with van der Waals surface area (Å²) in [4.78, 5) is 18.9. The fourth-order valence-electron chi connectivity index (χ4n) is 2.97. The lowest BCUT2D eigenvalue weighted by Gasteiger charge is -2.38. The molecule has 0 aromatic heterocycles. The molecule has 2 aliphatic heterocycles. The number of amides is 1. The molecule has 0 radical (unpaired) electrons. The van der Waals surface area contributed by atoms with Gasteiger partial charge in [0.05, 0.1) is 0 Å². The van der Waals surface area contributed by atoms with Gasteiger partial charge in [0.25, 0.3) is 0 Å². The van der Waals surface area contributed by atoms with Crippen molar-refractivity contribution < 1.29 is 9.53 Å². The van der Waals surface area contributed by atoms with Gasteiger partial charge < -0.3 is 15.0 Å². The van der Waals surface area contributed by atoms with Crippen molar-refractivity contribution in [3.8, 4) is 0 Å². The second-order valence-corrected chi connectivity index (χ2v) is 7.40. The highest BCUT2D eigenvalue weighted by atomic mass is 16.6. The molecule has 2 rings (SSSR count). The summed E-state index contributed by atoms with van der Waals surface area (Å²) in [6.07, 6.45) is -0.178. The Hall–Kier alpha value is -0.850. The van der Waals surface area contributed by atoms with E-state index >= 15 is 0 Å². The molecule has 0 unspecified atom stereocenters. The summed E-state index contributed by atoms with van der Waals surface area (Å²) >= 11 is 0. The van der Waals surface area contributed by atoms with E-state index in [1.54, 1.807) is 0 Å². The first-order valence-electron chi connectivity index (χ1n) is 8.50. The zero-order valence-corrected chi connectivity index (χ0v) is 14.6. The van der Waals surface area contributed by atoms with Crippen molar-refractivity contribution in [2.75, 3.05) is 58.9 Å². The summed E-state index contributed by atoms with van der Waals surface area (Å²) in [5.41, 5.74) is -0.410. The van der Waals surface area contributed by atoms with Gasteiger partial charge in [0, 0.05) is 64.9 Å². The monoisotopic (exact) mass is 312 g/mol. The predicted molar refractivity (Wildman–Crippen MR) is 88.2 cm³/mol. The van der Waals surface area contributed by atoms with Gasteiger partial charge in [0.2, 0.25) is 0 Å². The average Bonchev–Trinajstić information content (AvgIpc) is 2.45. The molecule has 0 aromatic carbocycles. The first kappa shape index (κ1) is 17.5. The van der Waals surface area contributed by atoms with Crippen LogP contribution in [0.4, 0.5) is 4.79 Å². The number of nitrogens with zero attached hydrogens (tertiary/aromatic N) is 3. The van der Waals surface area contributed by atoms with Crippen molar-refractivity contribution >= 4 is 6.09 Å². The summed E-state index contributed by atoms with van der Waals surface area (Å²) in [6, 6.07) is 0.622. The predicted octanol–water partition coefficient (Wildman–Crippen LogP) is 0.833. The molecule has 2 saturated heterocycles. The molecule has 6 nitrogen and oxygen atoms in total. The third-order valence-corrected chi connectivity index (χ3v) is 4.37. The van der Waals surface area contributed by atoms with Crippen molar-refractivity contribution in [3.63, 3.8) is 0 Å². The van der Waals surface area contributed by atoms with Crippen LogP contribution in [0.3, 0.4) is 0 Å². The molecule has 0 spiro atoms. The largest absolute Gasteiger partial charge is 0.444 e. The number of hydrogen-bond acceptors (Lipinski definition) is 5. The molecule has 2 fully saturated rings. The molecule has 6 heteroatoms. The Balaban J connectivity index is 1.67. The Morgan fingerprint density at radius 1 is 1.14 bits per heavy atom. The third-order valence-electron chi connectivity index (χ3n) is 4.37. The van der Waals surface area contributed by atoms with Crippen LogP contribution in [-0.4, -0.2) is 91.3 Å². The maximum Gasteiger partial charge on any atom is 0.410 e. The maximum atomic E-state index is 12.0. The number of hydrogen-bond donors (Lipinski definition) is 1. The van der Waals surface area contributed by atoms with Crippen LogP contribution in [0.1, 0.15) is 27.7 Å². The number of carbonyl (C=O) groups excluding carboxylic acids is 1. The van der Waals surface area contributed by atoms with Crippen molar-refractivity contribution in [2.24, 2.45) is 0 Å². The topological polar surface area (TPSA) is 48.0 Å². The first-order chi connectivity index (χ1) is 10.3. The minimum atomic E-state index is -0.410. The van der Waals surface area contributed by atoms with E-state index in [2.05, 4.69) is 22.0 Å². The number of carbonyl (C=O) groups is 1. The van der Waals surface area contributed by atoms with Gasteiger partial charge in [-0.05, 0) is 27.7 Å². The van der Waals surface area contributed by atoms with Crippen molar-refractivity contribution in [2.45, 2.75) is 39.3 Å². The molecule has 2 aliphatic rings. The SMILES string of the molecule is C[C@H]1CNCCN1CCN1CCN(C(=O)OC(C)(C)C)CC1. The van der Waals surface area contributed by atoms with Crippen molar-refractivity contribution in [1.29, 1.82) is 0 Å². The Bertz CT molecular complexity index is 362. The number of rotatable bonds is 3. The van der Waals surface area contributed by atoms with Crippen LogP contribution in [0.25, 0.3) is 0 Å². The molecule has 2 heterocycles. The Kier molecular flexibility index (Phi) is 6.06. The van der Waals surface area contributed by atoms with Gasteiger partial charge in [0.1, 0.15) is 5.60 Å². The van der Waals surface area contributed by atoms with Crippen LogP contribution in [0.2, 0.25) is 0 Å². The molecule has 1 N–H and O–H groups in total. The molecular formula is C16H32N4O2. The van der Waals surface area contributed by atoms with Crippen LogP contribution >= 0.6 is 0 Å². The van der Waals surface area contributed by atoms with Gasteiger partial charge in [-0.2, -0.15) is 0 Å². The van der Waals surface area contributed by atoms with Gasteiger partial charge in [-0.25, -0.2) is 4.79 Å². The van der Waals surface area contributed by atoms with Gasteiger partial charge in [-0.15, -0.1) is 0 Å². The maximum absolute atomic E-state index is 12.0. The summed E-state index contributed by atoms with van der Waals surface area (Å²) in [5, 5.41) is 3.43. The quantitative estimate of drug-likeness (QED) is 0.836. The van der Waals surface area contributed by atoms with Crippen LogP contribution in [-0.2, 0) is 4.74 Å². The van der Waals surface area contributed by atoms with E-state index in [9.17, 15) is 4.79 Å². The lowest BCUT2D eigenvalue weighted by Crippen LogP contribution is -2.54. The summed E-state index contributed by atoms with van der Waals surface area (Å²) in [5.74, 6) is 0. The molecule has 128 valence electrons. The Morgan fingerprint density at radius 3 is 2.41 bits per heavy atom. The van der Waals surface area contributed by atoms with Crippen LogP contribution in [0.5, 0.6) is 0 Å². The highest BCUT2D eigenvalue weighted by molar-refractivity contribution is 5.68. The fourth-order valence-corrected chi connectivity index (χ4v) is 2.97. The number of ether oxygens (including phenoxy) is 1. The van der Waals surface area contributed by atoms with Crippen LogP contribution in [0.15, 0.2) is 0 Å². The molecule has 1 atom stereocenters. The van der Waals surface area contributed by atoms with Gasteiger partial charge in [-0.3, -0.25) is 9.80 Å². The molecular weight excluding hydrogens is 280 g/mol. The van der Waals surface area contributed by atoms with Gasteiger partial charge >= 0.3 is 6.09 Å². The molecule has 1 amide bonds. The molecule has 0 saturated carbocycles. The zero-order chi connectivity index (χ0) is 16.2. The van der Waals surface area contributed by atoms with E-state index in [0.717, 1.165) is 58.9 Å². The van der Waals surface area contributed by atoms with E-state index in [-0.39, 0.29) is 6.09 Å². The standard InChI is InChI=1S/C16H32N4O2/c1-14-13-17-5-6-19(14)10-7-18-8-11-20(12-9-18)15(21)22-16(2,3)4/h14,17H,5-13H2,1-4H3/t14-/m0/s1. The Morgan fingerprint density at radius 2 is 1.82 bits per heavy atom. The first-order valence-corrected chi connectivity index (χ1v) is 8.50. The average molecular weight is 312 g/mol. The third kappa shape index (κ3) is 5.41. The highest BCUT2D eigenvalue weighted by Crippen LogP contribution is 2.12. The second kappa shape index (κ2) is 7.62. The van der Waals surface area contributed by atoms with Crippen LogP contribution < -0.4 is 5.32 Å². The Labute approximate surface area is 134 Å². The minimum absolute atomic E-state index is 0.178. The summed E-state index contributed by atoms with van der Waals surface area (Å²) < 4.78 is 5.43. The lowest BCUT2D eigenvalue weighted by atomic mass is 10.2. The van der Waals surface area contributed by atoms with E-state index in [1.807, 2.05) is 25.7 Å². The van der Waals surface area contributed by atoms with Crippen LogP contribution in [0, 0.1) is 0 Å². The molecule has 0 bridgehead atoms. The van der Waals surface area contributed by atoms with Crippen molar-refractivity contribution in [1.82, 2.24) is 20.0 Å². The zero-order valence-electron chi connectivity index (χ0n) is 14.6. The summed E-state index contributed by atoms with van der Waals surface area (Å²) in [7, 11) is 0. The van der Waals surface area contributed by atoms with Gasteiger partial charge in [0.15, 0.2) is 0 Å². The van der Waals surface area contributed by atoms with Crippen molar-refractivity contribution in [3.05, 3.63) is 0 Å². The molecule has 0 aliphatic carbocycles. The van der Waals surface area contributed by atoms with E-state index in [0.29, 0.717) is 6.04 Å². The lowest BCUT2D eigenvalue weighted by molar-refractivity contribution is 0.0133. The second-order valence-electron chi connectivity index (χ2n) is 7.40. The molecule has 0 aromatic rings. The molecule has 22 heavy (non-hydrogen) atoms. The highest BCUT2D eigenvalue weighted by Gasteiger charge is 2.26. The minimum Gasteiger partial charge on any atom is -0.444 e. The fraction of sp³-hybridized carbons (Fsp3) is 0.938. The summed E-state index contributed by atoms with van der Waals surface area (Å²) in [6.45, 7) is 17.0. The number of piperazine rings is 2. The van der Waals surface area contributed by atoms with E-state index in [4.69, 9.17) is 4.74 Å². The smallest absolute Gasteiger partial charge is 0.410 e. The van der Waals surface area contributed by atoms with E-state index in [1.165, 1.54) is 0 Å².